The number of furan rings is 1. The van der Waals surface area contributed by atoms with E-state index in [2.05, 4.69) is 5.10 Å². The summed E-state index contributed by atoms with van der Waals surface area (Å²) in [6.07, 6.45) is 4.77. The molecule has 0 radical (unpaired) electrons. The Morgan fingerprint density at radius 2 is 1.77 bits per heavy atom. The molecule has 0 aliphatic carbocycles. The van der Waals surface area contributed by atoms with Gasteiger partial charge in [-0.1, -0.05) is 36.4 Å². The molecule has 1 amide bonds. The van der Waals surface area contributed by atoms with Gasteiger partial charge in [-0.2, -0.15) is 15.6 Å². The van der Waals surface area contributed by atoms with Gasteiger partial charge >= 0.3 is 0 Å². The number of nitrogens with zero attached hydrogens (tertiary/aromatic N) is 5. The highest BCUT2D eigenvalue weighted by atomic mass is 16.3. The van der Waals surface area contributed by atoms with E-state index < -0.39 is 5.91 Å². The molecule has 0 spiro atoms. The molecule has 0 aliphatic rings. The van der Waals surface area contributed by atoms with E-state index in [9.17, 15) is 4.79 Å². The molecule has 7 heteroatoms. The second-order valence-electron chi connectivity index (χ2n) is 6.71. The number of hydrogen-bond acceptors (Lipinski definition) is 5. The fourth-order valence-electron chi connectivity index (χ4n) is 3.16. The molecule has 0 fully saturated rings. The minimum Gasteiger partial charge on any atom is -0.454 e. The molecular weight excluding hydrogens is 390 g/mol. The van der Waals surface area contributed by atoms with Crippen LogP contribution in [0.15, 0.2) is 77.4 Å². The summed E-state index contributed by atoms with van der Waals surface area (Å²) in [5.74, 6) is 0.153. The van der Waals surface area contributed by atoms with Gasteiger partial charge in [-0.3, -0.25) is 4.79 Å². The summed E-state index contributed by atoms with van der Waals surface area (Å²) in [6.45, 7) is -0.313. The predicted molar refractivity (Wildman–Crippen MR) is 116 cm³/mol. The topological polar surface area (TPSA) is 98.8 Å². The second-order valence-corrected chi connectivity index (χ2v) is 6.71. The van der Waals surface area contributed by atoms with Crippen LogP contribution in [0.2, 0.25) is 0 Å². The Morgan fingerprint density at radius 3 is 2.48 bits per heavy atom. The van der Waals surface area contributed by atoms with Crippen LogP contribution in [-0.4, -0.2) is 33.7 Å². The van der Waals surface area contributed by atoms with E-state index in [1.807, 2.05) is 72.8 Å². The highest BCUT2D eigenvalue weighted by Crippen LogP contribution is 2.30. The average molecular weight is 407 g/mol. The fourth-order valence-corrected chi connectivity index (χ4v) is 3.16. The summed E-state index contributed by atoms with van der Waals surface area (Å²) in [5, 5.41) is 23.4. The van der Waals surface area contributed by atoms with Crippen LogP contribution in [0.3, 0.4) is 0 Å². The van der Waals surface area contributed by atoms with Crippen LogP contribution in [0.25, 0.3) is 34.2 Å². The summed E-state index contributed by atoms with van der Waals surface area (Å²) < 4.78 is 7.70. The number of carbonyl (C=O) groups is 1. The summed E-state index contributed by atoms with van der Waals surface area (Å²) in [6, 6.07) is 23.0. The lowest BCUT2D eigenvalue weighted by Gasteiger charge is -2.12. The SMILES string of the molecule is N#CCN(CC#N)C(=O)/C=C/c1cn(-c2ccccc2)nc1-c1cc2ccccc2o1. The van der Waals surface area contributed by atoms with Gasteiger partial charge in [0, 0.05) is 23.2 Å². The Morgan fingerprint density at radius 1 is 1.06 bits per heavy atom. The molecule has 2 aromatic carbocycles. The van der Waals surface area contributed by atoms with E-state index in [0.717, 1.165) is 16.7 Å². The van der Waals surface area contributed by atoms with Gasteiger partial charge < -0.3 is 9.32 Å². The smallest absolute Gasteiger partial charge is 0.248 e. The third-order valence-electron chi connectivity index (χ3n) is 4.66. The monoisotopic (exact) mass is 407 g/mol. The van der Waals surface area contributed by atoms with E-state index in [0.29, 0.717) is 17.0 Å². The van der Waals surface area contributed by atoms with Crippen molar-refractivity contribution in [2.45, 2.75) is 0 Å². The number of hydrogen-bond donors (Lipinski definition) is 0. The third-order valence-corrected chi connectivity index (χ3v) is 4.66. The van der Waals surface area contributed by atoms with Crippen LogP contribution in [0.5, 0.6) is 0 Å². The molecule has 0 saturated carbocycles. The van der Waals surface area contributed by atoms with Crippen molar-refractivity contribution in [3.05, 3.63) is 78.5 Å². The Bertz CT molecular complexity index is 1290. The molecule has 0 saturated heterocycles. The van der Waals surface area contributed by atoms with E-state index in [4.69, 9.17) is 14.9 Å². The molecule has 0 unspecified atom stereocenters. The first-order chi connectivity index (χ1) is 15.2. The van der Waals surface area contributed by atoms with Gasteiger partial charge in [-0.05, 0) is 30.3 Å². The van der Waals surface area contributed by atoms with Gasteiger partial charge in [0.15, 0.2) is 5.76 Å². The van der Waals surface area contributed by atoms with Crippen molar-refractivity contribution >= 4 is 23.0 Å². The number of carbonyl (C=O) groups excluding carboxylic acids is 1. The van der Waals surface area contributed by atoms with Crippen LogP contribution < -0.4 is 0 Å². The highest BCUT2D eigenvalue weighted by Gasteiger charge is 2.16. The average Bonchev–Trinajstić information content (AvgIpc) is 3.42. The van der Waals surface area contributed by atoms with Gasteiger partial charge in [0.25, 0.3) is 0 Å². The van der Waals surface area contributed by atoms with Gasteiger partial charge in [0.2, 0.25) is 5.91 Å². The normalized spacial score (nSPS) is 10.8. The molecule has 2 aromatic heterocycles. The summed E-state index contributed by atoms with van der Waals surface area (Å²) in [5.41, 5.74) is 2.86. The van der Waals surface area contributed by atoms with Crippen molar-refractivity contribution in [1.82, 2.24) is 14.7 Å². The van der Waals surface area contributed by atoms with Crippen molar-refractivity contribution in [2.24, 2.45) is 0 Å². The van der Waals surface area contributed by atoms with E-state index in [1.165, 1.54) is 11.0 Å². The Kier molecular flexibility index (Phi) is 5.59. The molecule has 0 aliphatic heterocycles. The number of fused-ring (bicyclic) bond motifs is 1. The van der Waals surface area contributed by atoms with E-state index >= 15 is 0 Å². The standard InChI is InChI=1S/C24H17N5O2/c25-12-14-28(15-13-26)23(30)11-10-19-17-29(20-7-2-1-3-8-20)27-24(19)22-16-18-6-4-5-9-21(18)31-22/h1-11,16-17H,14-15H2/b11-10+. The van der Waals surface area contributed by atoms with Crippen LogP contribution in [0.1, 0.15) is 5.56 Å². The molecule has 4 rings (SSSR count). The van der Waals surface area contributed by atoms with Crippen molar-refractivity contribution in [3.8, 4) is 29.3 Å². The van der Waals surface area contributed by atoms with Crippen molar-refractivity contribution in [2.75, 3.05) is 13.1 Å². The highest BCUT2D eigenvalue weighted by molar-refractivity contribution is 5.93. The lowest BCUT2D eigenvalue weighted by atomic mass is 10.1. The lowest BCUT2D eigenvalue weighted by Crippen LogP contribution is -2.30. The largest absolute Gasteiger partial charge is 0.454 e. The predicted octanol–water partition coefficient (Wildman–Crippen LogP) is 4.17. The molecule has 0 N–H and O–H groups in total. The van der Waals surface area contributed by atoms with Gasteiger partial charge in [-0.15, -0.1) is 0 Å². The van der Waals surface area contributed by atoms with Crippen molar-refractivity contribution in [3.63, 3.8) is 0 Å². The molecule has 7 nitrogen and oxygen atoms in total. The molecule has 2 heterocycles. The molecule has 4 aromatic rings. The quantitative estimate of drug-likeness (QED) is 0.353. The van der Waals surface area contributed by atoms with Crippen LogP contribution in [-0.2, 0) is 4.79 Å². The van der Waals surface area contributed by atoms with Crippen molar-refractivity contribution < 1.29 is 9.21 Å². The Hall–Kier alpha value is -4.62. The maximum Gasteiger partial charge on any atom is 0.248 e. The number of amides is 1. The number of para-hydroxylation sites is 2. The second kappa shape index (κ2) is 8.81. The fraction of sp³-hybridized carbons (Fsp3) is 0.0833. The van der Waals surface area contributed by atoms with Crippen LogP contribution in [0, 0.1) is 22.7 Å². The maximum atomic E-state index is 12.4. The van der Waals surface area contributed by atoms with Crippen LogP contribution in [0.4, 0.5) is 0 Å². The third kappa shape index (κ3) is 4.21. The van der Waals surface area contributed by atoms with E-state index in [1.54, 1.807) is 17.0 Å². The first-order valence-electron chi connectivity index (χ1n) is 9.54. The number of benzene rings is 2. The van der Waals surface area contributed by atoms with Crippen molar-refractivity contribution in [1.29, 1.82) is 10.5 Å². The first-order valence-corrected chi connectivity index (χ1v) is 9.54. The summed E-state index contributed by atoms with van der Waals surface area (Å²) in [7, 11) is 0. The molecule has 150 valence electrons. The zero-order chi connectivity index (χ0) is 21.6. The van der Waals surface area contributed by atoms with Gasteiger partial charge in [-0.25, -0.2) is 4.68 Å². The zero-order valence-electron chi connectivity index (χ0n) is 16.5. The maximum absolute atomic E-state index is 12.4. The lowest BCUT2D eigenvalue weighted by molar-refractivity contribution is -0.124. The number of rotatable bonds is 6. The van der Waals surface area contributed by atoms with E-state index in [-0.39, 0.29) is 13.1 Å². The molecule has 0 bridgehead atoms. The first kappa shape index (κ1) is 19.7. The number of nitriles is 2. The zero-order valence-corrected chi connectivity index (χ0v) is 16.5. The summed E-state index contributed by atoms with van der Waals surface area (Å²) in [4.78, 5) is 13.6. The minimum atomic E-state index is -0.425. The number of aromatic nitrogens is 2. The molecular formula is C24H17N5O2. The van der Waals surface area contributed by atoms with Crippen LogP contribution >= 0.6 is 0 Å². The van der Waals surface area contributed by atoms with Gasteiger partial charge in [0.05, 0.1) is 17.8 Å². The molecule has 31 heavy (non-hydrogen) atoms. The Labute approximate surface area is 178 Å². The minimum absolute atomic E-state index is 0.156. The Balaban J connectivity index is 1.75. The summed E-state index contributed by atoms with van der Waals surface area (Å²) >= 11 is 0. The van der Waals surface area contributed by atoms with Gasteiger partial charge in [0.1, 0.15) is 24.4 Å². The molecule has 0 atom stereocenters.